The van der Waals surface area contributed by atoms with E-state index >= 15 is 0 Å². The van der Waals surface area contributed by atoms with Crippen LogP contribution in [-0.4, -0.2) is 18.2 Å². The van der Waals surface area contributed by atoms with Crippen LogP contribution in [0.3, 0.4) is 0 Å². The standard InChI is InChI=1S/C27H22F3NO2/c1-2-16-31(18-21-13-15-25-26(17-21)33-19-32-25)24(14-12-20-8-4-3-5-9-20)22-10-6-7-11-23(22)27(28,29)30/h2-11,13,15,17,24H,1,16,18-19H2. The molecule has 1 heterocycles. The molecule has 168 valence electrons. The largest absolute Gasteiger partial charge is 0.454 e. The first kappa shape index (κ1) is 22.5. The lowest BCUT2D eigenvalue weighted by molar-refractivity contribution is -0.138. The first-order chi connectivity index (χ1) is 16.0. The van der Waals surface area contributed by atoms with Crippen molar-refractivity contribution in [3.05, 3.63) is 108 Å². The lowest BCUT2D eigenvalue weighted by Gasteiger charge is -2.29. The third-order valence-corrected chi connectivity index (χ3v) is 5.24. The molecule has 6 heteroatoms. The molecular formula is C27H22F3NO2. The van der Waals surface area contributed by atoms with Gasteiger partial charge in [-0.05, 0) is 41.5 Å². The van der Waals surface area contributed by atoms with Crippen molar-refractivity contribution < 1.29 is 22.6 Å². The summed E-state index contributed by atoms with van der Waals surface area (Å²) in [6.45, 7) is 4.65. The average molecular weight is 449 g/mol. The Kier molecular flexibility index (Phi) is 6.71. The van der Waals surface area contributed by atoms with Crippen LogP contribution in [-0.2, 0) is 12.7 Å². The summed E-state index contributed by atoms with van der Waals surface area (Å²) in [5, 5.41) is 0. The van der Waals surface area contributed by atoms with Gasteiger partial charge in [0.15, 0.2) is 11.5 Å². The van der Waals surface area contributed by atoms with E-state index in [0.717, 1.165) is 17.2 Å². The average Bonchev–Trinajstić information content (AvgIpc) is 3.28. The Hall–Kier alpha value is -3.69. The van der Waals surface area contributed by atoms with Gasteiger partial charge in [-0.2, -0.15) is 13.2 Å². The molecule has 4 rings (SSSR count). The van der Waals surface area contributed by atoms with E-state index < -0.39 is 17.8 Å². The molecule has 0 saturated heterocycles. The monoisotopic (exact) mass is 449 g/mol. The summed E-state index contributed by atoms with van der Waals surface area (Å²) in [7, 11) is 0. The van der Waals surface area contributed by atoms with Gasteiger partial charge >= 0.3 is 6.18 Å². The van der Waals surface area contributed by atoms with Crippen molar-refractivity contribution >= 4 is 0 Å². The summed E-state index contributed by atoms with van der Waals surface area (Å²) in [5.74, 6) is 7.41. The quantitative estimate of drug-likeness (QED) is 0.330. The molecule has 33 heavy (non-hydrogen) atoms. The van der Waals surface area contributed by atoms with Gasteiger partial charge in [0.25, 0.3) is 0 Å². The van der Waals surface area contributed by atoms with Crippen LogP contribution >= 0.6 is 0 Å². The normalized spacial score (nSPS) is 13.3. The Labute approximate surface area is 191 Å². The van der Waals surface area contributed by atoms with Gasteiger partial charge in [-0.3, -0.25) is 4.90 Å². The summed E-state index contributed by atoms with van der Waals surface area (Å²) in [6, 6.07) is 19.5. The number of fused-ring (bicyclic) bond motifs is 1. The maximum Gasteiger partial charge on any atom is 0.416 e. The van der Waals surface area contributed by atoms with E-state index in [4.69, 9.17) is 9.47 Å². The number of halogens is 3. The molecule has 1 aliphatic heterocycles. The van der Waals surface area contributed by atoms with Crippen molar-refractivity contribution in [3.8, 4) is 23.3 Å². The van der Waals surface area contributed by atoms with E-state index in [0.29, 0.717) is 24.6 Å². The summed E-state index contributed by atoms with van der Waals surface area (Å²) >= 11 is 0. The Bertz CT molecular complexity index is 1180. The Morgan fingerprint density at radius 2 is 1.70 bits per heavy atom. The highest BCUT2D eigenvalue weighted by Gasteiger charge is 2.36. The van der Waals surface area contributed by atoms with Gasteiger partial charge in [-0.15, -0.1) is 6.58 Å². The lowest BCUT2D eigenvalue weighted by atomic mass is 9.97. The zero-order valence-corrected chi connectivity index (χ0v) is 17.8. The SMILES string of the molecule is C=CCN(Cc1ccc2c(c1)OCO2)C(C#Cc1ccccc1)c1ccccc1C(F)(F)F. The van der Waals surface area contributed by atoms with Gasteiger partial charge in [-0.25, -0.2) is 0 Å². The molecule has 3 aromatic rings. The Balaban J connectivity index is 1.76. The molecule has 1 atom stereocenters. The van der Waals surface area contributed by atoms with Crippen molar-refractivity contribution in [2.24, 2.45) is 0 Å². The first-order valence-corrected chi connectivity index (χ1v) is 10.4. The summed E-state index contributed by atoms with van der Waals surface area (Å²) in [5.41, 5.74) is 1.01. The van der Waals surface area contributed by atoms with E-state index in [1.807, 2.05) is 47.4 Å². The molecule has 0 amide bonds. The number of nitrogens with zero attached hydrogens (tertiary/aromatic N) is 1. The molecule has 1 aliphatic rings. The third-order valence-electron chi connectivity index (χ3n) is 5.24. The molecule has 0 fully saturated rings. The van der Waals surface area contributed by atoms with E-state index in [1.165, 1.54) is 12.1 Å². The van der Waals surface area contributed by atoms with E-state index in [9.17, 15) is 13.2 Å². The van der Waals surface area contributed by atoms with Crippen LogP contribution in [0.1, 0.15) is 28.3 Å². The van der Waals surface area contributed by atoms with Crippen LogP contribution in [0.5, 0.6) is 11.5 Å². The van der Waals surface area contributed by atoms with Crippen LogP contribution in [0, 0.1) is 11.8 Å². The lowest BCUT2D eigenvalue weighted by Crippen LogP contribution is -2.29. The van der Waals surface area contributed by atoms with Crippen molar-refractivity contribution in [2.45, 2.75) is 18.8 Å². The van der Waals surface area contributed by atoms with Crippen LogP contribution < -0.4 is 9.47 Å². The number of hydrogen-bond acceptors (Lipinski definition) is 3. The number of hydrogen-bond donors (Lipinski definition) is 0. The topological polar surface area (TPSA) is 21.7 Å². The summed E-state index contributed by atoms with van der Waals surface area (Å²) in [6.07, 6.45) is -2.83. The van der Waals surface area contributed by atoms with Gasteiger partial charge < -0.3 is 9.47 Å². The molecule has 0 N–H and O–H groups in total. The van der Waals surface area contributed by atoms with Crippen LogP contribution in [0.4, 0.5) is 13.2 Å². The minimum atomic E-state index is -4.50. The molecule has 0 aromatic heterocycles. The van der Waals surface area contributed by atoms with Crippen molar-refractivity contribution in [1.29, 1.82) is 0 Å². The molecule has 3 aromatic carbocycles. The zero-order valence-electron chi connectivity index (χ0n) is 17.8. The Morgan fingerprint density at radius 3 is 2.45 bits per heavy atom. The molecule has 0 radical (unpaired) electrons. The van der Waals surface area contributed by atoms with Crippen LogP contribution in [0.2, 0.25) is 0 Å². The number of ether oxygens (including phenoxy) is 2. The summed E-state index contributed by atoms with van der Waals surface area (Å²) in [4.78, 5) is 1.87. The highest BCUT2D eigenvalue weighted by molar-refractivity contribution is 5.45. The minimum Gasteiger partial charge on any atom is -0.454 e. The van der Waals surface area contributed by atoms with Gasteiger partial charge in [-0.1, -0.05) is 60.4 Å². The smallest absolute Gasteiger partial charge is 0.416 e. The third kappa shape index (κ3) is 5.39. The molecule has 3 nitrogen and oxygen atoms in total. The second-order valence-corrected chi connectivity index (χ2v) is 7.53. The number of rotatable bonds is 6. The number of benzene rings is 3. The van der Waals surface area contributed by atoms with E-state index in [-0.39, 0.29) is 12.4 Å². The highest BCUT2D eigenvalue weighted by Crippen LogP contribution is 2.37. The molecule has 0 saturated carbocycles. The predicted octanol–water partition coefficient (Wildman–Crippen LogP) is 6.22. The minimum absolute atomic E-state index is 0.107. The Morgan fingerprint density at radius 1 is 0.970 bits per heavy atom. The van der Waals surface area contributed by atoms with Crippen LogP contribution in [0.25, 0.3) is 0 Å². The fourth-order valence-electron chi connectivity index (χ4n) is 3.73. The van der Waals surface area contributed by atoms with Gasteiger partial charge in [0.2, 0.25) is 6.79 Å². The molecule has 0 spiro atoms. The molecule has 0 aliphatic carbocycles. The van der Waals surface area contributed by atoms with E-state index in [2.05, 4.69) is 18.4 Å². The molecular weight excluding hydrogens is 427 g/mol. The second-order valence-electron chi connectivity index (χ2n) is 7.53. The van der Waals surface area contributed by atoms with Gasteiger partial charge in [0, 0.05) is 18.7 Å². The van der Waals surface area contributed by atoms with Gasteiger partial charge in [0.1, 0.15) is 0 Å². The molecule has 1 unspecified atom stereocenters. The highest BCUT2D eigenvalue weighted by atomic mass is 19.4. The van der Waals surface area contributed by atoms with Crippen LogP contribution in [0.15, 0.2) is 85.5 Å². The molecule has 0 bridgehead atoms. The van der Waals surface area contributed by atoms with Crippen molar-refractivity contribution in [2.75, 3.05) is 13.3 Å². The fraction of sp³-hybridized carbons (Fsp3) is 0.185. The predicted molar refractivity (Wildman–Crippen MR) is 121 cm³/mol. The van der Waals surface area contributed by atoms with Crippen molar-refractivity contribution in [1.82, 2.24) is 4.90 Å². The fourth-order valence-corrected chi connectivity index (χ4v) is 3.73. The first-order valence-electron chi connectivity index (χ1n) is 10.4. The van der Waals surface area contributed by atoms with Crippen molar-refractivity contribution in [3.63, 3.8) is 0 Å². The summed E-state index contributed by atoms with van der Waals surface area (Å²) < 4.78 is 52.5. The maximum absolute atomic E-state index is 13.9. The second kappa shape index (κ2) is 9.85. The van der Waals surface area contributed by atoms with Gasteiger partial charge in [0.05, 0.1) is 11.6 Å². The maximum atomic E-state index is 13.9. The van der Waals surface area contributed by atoms with E-state index in [1.54, 1.807) is 18.2 Å². The zero-order chi connectivity index (χ0) is 23.3. The number of alkyl halides is 3.